The van der Waals surface area contributed by atoms with Gasteiger partial charge in [0.05, 0.1) is 14.2 Å². The lowest BCUT2D eigenvalue weighted by atomic mass is 10.1. The van der Waals surface area contributed by atoms with Crippen LogP contribution in [0.15, 0.2) is 60.0 Å². The Kier molecular flexibility index (Phi) is 3.93. The van der Waals surface area contributed by atoms with E-state index in [9.17, 15) is 0 Å². The van der Waals surface area contributed by atoms with Gasteiger partial charge in [0.15, 0.2) is 0 Å². The highest BCUT2D eigenvalue weighted by molar-refractivity contribution is 7.14. The summed E-state index contributed by atoms with van der Waals surface area (Å²) in [6.45, 7) is 0. The lowest BCUT2D eigenvalue weighted by molar-refractivity contribution is 0.415. The van der Waals surface area contributed by atoms with E-state index in [-0.39, 0.29) is 0 Å². The molecule has 3 rings (SSSR count). The SMILES string of the molecule is COc1ccc(-c2cc(-c3cccc(OC)c3)cs2)cc1. The molecule has 0 aliphatic rings. The predicted molar refractivity (Wildman–Crippen MR) is 88.3 cm³/mol. The second kappa shape index (κ2) is 6.02. The Labute approximate surface area is 128 Å². The highest BCUT2D eigenvalue weighted by Gasteiger charge is 2.06. The summed E-state index contributed by atoms with van der Waals surface area (Å²) in [7, 11) is 3.37. The summed E-state index contributed by atoms with van der Waals surface area (Å²) in [6, 6.07) is 18.5. The number of ether oxygens (including phenoxy) is 2. The van der Waals surface area contributed by atoms with Crippen LogP contribution in [0.4, 0.5) is 0 Å². The Morgan fingerprint density at radius 1 is 0.714 bits per heavy atom. The molecule has 0 radical (unpaired) electrons. The van der Waals surface area contributed by atoms with Crippen LogP contribution >= 0.6 is 11.3 Å². The van der Waals surface area contributed by atoms with Crippen LogP contribution < -0.4 is 9.47 Å². The third-order valence-electron chi connectivity index (χ3n) is 3.38. The van der Waals surface area contributed by atoms with Gasteiger partial charge in [-0.2, -0.15) is 0 Å². The lowest BCUT2D eigenvalue weighted by Gasteiger charge is -2.02. The zero-order chi connectivity index (χ0) is 14.7. The molecule has 3 aromatic rings. The molecule has 2 aromatic carbocycles. The fraction of sp³-hybridized carbons (Fsp3) is 0.111. The molecule has 0 saturated carbocycles. The number of hydrogen-bond acceptors (Lipinski definition) is 3. The van der Waals surface area contributed by atoms with Crippen LogP contribution in [0.1, 0.15) is 0 Å². The maximum atomic E-state index is 5.28. The van der Waals surface area contributed by atoms with Crippen LogP contribution in [0, 0.1) is 0 Å². The Morgan fingerprint density at radius 2 is 1.48 bits per heavy atom. The van der Waals surface area contributed by atoms with Gasteiger partial charge in [0.25, 0.3) is 0 Å². The van der Waals surface area contributed by atoms with E-state index in [4.69, 9.17) is 9.47 Å². The lowest BCUT2D eigenvalue weighted by Crippen LogP contribution is -1.82. The Bertz CT molecular complexity index is 729. The van der Waals surface area contributed by atoms with Crippen LogP contribution in [-0.2, 0) is 0 Å². The molecule has 106 valence electrons. The van der Waals surface area contributed by atoms with Crippen molar-refractivity contribution in [3.05, 3.63) is 60.0 Å². The maximum Gasteiger partial charge on any atom is 0.119 e. The molecule has 0 bridgehead atoms. The second-order valence-electron chi connectivity index (χ2n) is 4.66. The molecule has 1 heterocycles. The van der Waals surface area contributed by atoms with Crippen LogP contribution in [-0.4, -0.2) is 14.2 Å². The monoisotopic (exact) mass is 296 g/mol. The van der Waals surface area contributed by atoms with Gasteiger partial charge in [-0.1, -0.05) is 12.1 Å². The zero-order valence-corrected chi connectivity index (χ0v) is 12.8. The first-order chi connectivity index (χ1) is 10.3. The molecule has 0 aliphatic carbocycles. The second-order valence-corrected chi connectivity index (χ2v) is 5.57. The molecule has 0 fully saturated rings. The molecule has 2 nitrogen and oxygen atoms in total. The van der Waals surface area contributed by atoms with Gasteiger partial charge in [-0.3, -0.25) is 0 Å². The van der Waals surface area contributed by atoms with Gasteiger partial charge in [-0.25, -0.2) is 0 Å². The standard InChI is InChI=1S/C18H16O2S/c1-19-16-8-6-13(7-9-16)18-11-15(12-21-18)14-4-3-5-17(10-14)20-2/h3-12H,1-2H3. The van der Waals surface area contributed by atoms with E-state index in [0.29, 0.717) is 0 Å². The van der Waals surface area contributed by atoms with Crippen molar-refractivity contribution in [1.82, 2.24) is 0 Å². The van der Waals surface area contributed by atoms with Crippen molar-refractivity contribution in [1.29, 1.82) is 0 Å². The Balaban J connectivity index is 1.91. The van der Waals surface area contributed by atoms with E-state index in [0.717, 1.165) is 11.5 Å². The minimum absolute atomic E-state index is 0.878. The van der Waals surface area contributed by atoms with Crippen molar-refractivity contribution in [3.8, 4) is 33.1 Å². The summed E-state index contributed by atoms with van der Waals surface area (Å²) in [6.07, 6.45) is 0. The summed E-state index contributed by atoms with van der Waals surface area (Å²) < 4.78 is 10.5. The van der Waals surface area contributed by atoms with Crippen molar-refractivity contribution < 1.29 is 9.47 Å². The molecule has 3 heteroatoms. The normalized spacial score (nSPS) is 10.4. The summed E-state index contributed by atoms with van der Waals surface area (Å²) in [5.74, 6) is 1.76. The third kappa shape index (κ3) is 2.93. The van der Waals surface area contributed by atoms with Crippen LogP contribution in [0.2, 0.25) is 0 Å². The number of methoxy groups -OCH3 is 2. The molecular formula is C18H16O2S. The summed E-state index contributed by atoms with van der Waals surface area (Å²) >= 11 is 1.74. The van der Waals surface area contributed by atoms with Gasteiger partial charge >= 0.3 is 0 Å². The molecule has 0 aliphatic heterocycles. The molecule has 0 spiro atoms. The van der Waals surface area contributed by atoms with Crippen LogP contribution in [0.3, 0.4) is 0 Å². The average molecular weight is 296 g/mol. The minimum atomic E-state index is 0.878. The highest BCUT2D eigenvalue weighted by Crippen LogP contribution is 2.34. The van der Waals surface area contributed by atoms with Gasteiger partial charge in [-0.15, -0.1) is 11.3 Å². The quantitative estimate of drug-likeness (QED) is 0.667. The molecule has 0 amide bonds. The minimum Gasteiger partial charge on any atom is -0.497 e. The third-order valence-corrected chi connectivity index (χ3v) is 4.36. The van der Waals surface area contributed by atoms with Crippen molar-refractivity contribution >= 4 is 11.3 Å². The summed E-state index contributed by atoms with van der Waals surface area (Å²) in [4.78, 5) is 1.25. The first-order valence-corrected chi connectivity index (χ1v) is 7.55. The van der Waals surface area contributed by atoms with E-state index >= 15 is 0 Å². The number of hydrogen-bond donors (Lipinski definition) is 0. The van der Waals surface area contributed by atoms with Gasteiger partial charge < -0.3 is 9.47 Å². The fourth-order valence-corrected chi connectivity index (χ4v) is 3.12. The van der Waals surface area contributed by atoms with E-state index in [2.05, 4.69) is 35.7 Å². The number of rotatable bonds is 4. The van der Waals surface area contributed by atoms with E-state index in [1.807, 2.05) is 24.3 Å². The van der Waals surface area contributed by atoms with Crippen LogP contribution in [0.5, 0.6) is 11.5 Å². The maximum absolute atomic E-state index is 5.28. The average Bonchev–Trinajstić information content (AvgIpc) is 3.05. The first kappa shape index (κ1) is 13.7. The number of thiophene rings is 1. The molecule has 0 saturated heterocycles. The molecule has 0 atom stereocenters. The first-order valence-electron chi connectivity index (χ1n) is 6.67. The zero-order valence-electron chi connectivity index (χ0n) is 12.0. The molecule has 1 aromatic heterocycles. The molecule has 0 unspecified atom stereocenters. The predicted octanol–water partition coefficient (Wildman–Crippen LogP) is 5.10. The van der Waals surface area contributed by atoms with Crippen LogP contribution in [0.25, 0.3) is 21.6 Å². The smallest absolute Gasteiger partial charge is 0.119 e. The Morgan fingerprint density at radius 3 is 2.19 bits per heavy atom. The van der Waals surface area contributed by atoms with E-state index < -0.39 is 0 Å². The van der Waals surface area contributed by atoms with Gasteiger partial charge in [0, 0.05) is 4.88 Å². The topological polar surface area (TPSA) is 18.5 Å². The molecule has 0 N–H and O–H groups in total. The summed E-state index contributed by atoms with van der Waals surface area (Å²) in [5, 5.41) is 2.17. The van der Waals surface area contributed by atoms with Crippen molar-refractivity contribution in [2.45, 2.75) is 0 Å². The summed E-state index contributed by atoms with van der Waals surface area (Å²) in [5.41, 5.74) is 3.59. The fourth-order valence-electron chi connectivity index (χ4n) is 2.20. The largest absolute Gasteiger partial charge is 0.497 e. The van der Waals surface area contributed by atoms with Gasteiger partial charge in [-0.05, 0) is 64.5 Å². The van der Waals surface area contributed by atoms with E-state index in [1.54, 1.807) is 25.6 Å². The molecular weight excluding hydrogens is 280 g/mol. The number of benzene rings is 2. The highest BCUT2D eigenvalue weighted by atomic mass is 32.1. The van der Waals surface area contributed by atoms with Crippen molar-refractivity contribution in [2.75, 3.05) is 14.2 Å². The van der Waals surface area contributed by atoms with Gasteiger partial charge in [0.1, 0.15) is 11.5 Å². The molecule has 21 heavy (non-hydrogen) atoms. The van der Waals surface area contributed by atoms with E-state index in [1.165, 1.54) is 21.6 Å². The Hall–Kier alpha value is -2.26. The van der Waals surface area contributed by atoms with Crippen molar-refractivity contribution in [2.24, 2.45) is 0 Å². The van der Waals surface area contributed by atoms with Gasteiger partial charge in [0.2, 0.25) is 0 Å². The van der Waals surface area contributed by atoms with Crippen molar-refractivity contribution in [3.63, 3.8) is 0 Å².